The van der Waals surface area contributed by atoms with Crippen LogP contribution in [0.4, 0.5) is 0 Å². The minimum Gasteiger partial charge on any atom is -0.496 e. The first-order valence-electron chi connectivity index (χ1n) is 5.22. The summed E-state index contributed by atoms with van der Waals surface area (Å²) in [6.45, 7) is 2.03. The SMILES string of the molecule is COc1ccc(C)cc1-c1cc(Cl)ccc1Cl. The molecule has 3 heteroatoms. The second-order valence-corrected chi connectivity index (χ2v) is 4.67. The van der Waals surface area contributed by atoms with Gasteiger partial charge in [0.05, 0.1) is 7.11 Å². The van der Waals surface area contributed by atoms with Crippen LogP contribution < -0.4 is 4.74 Å². The largest absolute Gasteiger partial charge is 0.496 e. The molecule has 1 nitrogen and oxygen atoms in total. The number of ether oxygens (including phenoxy) is 1. The van der Waals surface area contributed by atoms with Crippen LogP contribution in [0.25, 0.3) is 11.1 Å². The van der Waals surface area contributed by atoms with E-state index in [9.17, 15) is 0 Å². The van der Waals surface area contributed by atoms with Crippen LogP contribution in [0.5, 0.6) is 5.75 Å². The maximum atomic E-state index is 6.20. The van der Waals surface area contributed by atoms with Gasteiger partial charge in [-0.1, -0.05) is 34.8 Å². The number of hydrogen-bond acceptors (Lipinski definition) is 1. The van der Waals surface area contributed by atoms with E-state index in [4.69, 9.17) is 27.9 Å². The van der Waals surface area contributed by atoms with Gasteiger partial charge in [-0.25, -0.2) is 0 Å². The zero-order valence-electron chi connectivity index (χ0n) is 9.63. The van der Waals surface area contributed by atoms with Crippen molar-refractivity contribution in [1.29, 1.82) is 0 Å². The first-order chi connectivity index (χ1) is 8.11. The van der Waals surface area contributed by atoms with Crippen molar-refractivity contribution in [3.63, 3.8) is 0 Å². The summed E-state index contributed by atoms with van der Waals surface area (Å²) in [7, 11) is 1.65. The van der Waals surface area contributed by atoms with Crippen molar-refractivity contribution >= 4 is 23.2 Å². The van der Waals surface area contributed by atoms with Crippen molar-refractivity contribution in [2.75, 3.05) is 7.11 Å². The van der Waals surface area contributed by atoms with E-state index < -0.39 is 0 Å². The van der Waals surface area contributed by atoms with Crippen LogP contribution in [0.1, 0.15) is 5.56 Å². The molecular weight excluding hydrogens is 255 g/mol. The molecule has 0 fully saturated rings. The molecule has 17 heavy (non-hydrogen) atoms. The third kappa shape index (κ3) is 2.56. The first-order valence-corrected chi connectivity index (χ1v) is 5.97. The van der Waals surface area contributed by atoms with Crippen molar-refractivity contribution in [2.45, 2.75) is 6.92 Å². The molecule has 0 saturated carbocycles. The lowest BCUT2D eigenvalue weighted by molar-refractivity contribution is 0.416. The molecule has 0 atom stereocenters. The molecule has 0 amide bonds. The van der Waals surface area contributed by atoms with Crippen molar-refractivity contribution in [3.8, 4) is 16.9 Å². The van der Waals surface area contributed by atoms with E-state index in [1.165, 1.54) is 0 Å². The molecule has 88 valence electrons. The van der Waals surface area contributed by atoms with Crippen LogP contribution in [0.15, 0.2) is 36.4 Å². The maximum absolute atomic E-state index is 6.20. The number of hydrogen-bond donors (Lipinski definition) is 0. The molecule has 0 radical (unpaired) electrons. The molecule has 0 bridgehead atoms. The van der Waals surface area contributed by atoms with E-state index in [0.717, 1.165) is 22.4 Å². The van der Waals surface area contributed by atoms with Gasteiger partial charge in [-0.05, 0) is 37.3 Å². The summed E-state index contributed by atoms with van der Waals surface area (Å²) in [6, 6.07) is 11.4. The highest BCUT2D eigenvalue weighted by Gasteiger charge is 2.10. The number of aryl methyl sites for hydroxylation is 1. The first kappa shape index (κ1) is 12.3. The zero-order chi connectivity index (χ0) is 12.4. The fourth-order valence-electron chi connectivity index (χ4n) is 1.74. The summed E-state index contributed by atoms with van der Waals surface area (Å²) >= 11 is 12.2. The summed E-state index contributed by atoms with van der Waals surface area (Å²) in [6.07, 6.45) is 0. The highest BCUT2D eigenvalue weighted by Crippen LogP contribution is 2.36. The molecule has 0 aliphatic rings. The van der Waals surface area contributed by atoms with Gasteiger partial charge in [-0.2, -0.15) is 0 Å². The Labute approximate surface area is 111 Å². The molecule has 0 spiro atoms. The van der Waals surface area contributed by atoms with Gasteiger partial charge in [0.2, 0.25) is 0 Å². The Balaban J connectivity index is 2.66. The number of halogens is 2. The molecule has 2 aromatic carbocycles. The number of benzene rings is 2. The molecular formula is C14H12Cl2O. The molecule has 0 aliphatic carbocycles. The van der Waals surface area contributed by atoms with Crippen LogP contribution in [0.2, 0.25) is 10.0 Å². The summed E-state index contributed by atoms with van der Waals surface area (Å²) in [5.74, 6) is 0.791. The normalized spacial score (nSPS) is 10.4. The van der Waals surface area contributed by atoms with E-state index in [1.54, 1.807) is 19.2 Å². The van der Waals surface area contributed by atoms with E-state index in [-0.39, 0.29) is 0 Å². The fourth-order valence-corrected chi connectivity index (χ4v) is 2.13. The Morgan fingerprint density at radius 2 is 1.71 bits per heavy atom. The van der Waals surface area contributed by atoms with Crippen molar-refractivity contribution in [3.05, 3.63) is 52.0 Å². The zero-order valence-corrected chi connectivity index (χ0v) is 11.1. The molecule has 0 saturated heterocycles. The van der Waals surface area contributed by atoms with Gasteiger partial charge in [0.25, 0.3) is 0 Å². The minimum absolute atomic E-state index is 0.660. The van der Waals surface area contributed by atoms with Gasteiger partial charge in [0.1, 0.15) is 5.75 Å². The van der Waals surface area contributed by atoms with E-state index in [1.807, 2.05) is 31.2 Å². The third-order valence-electron chi connectivity index (χ3n) is 2.57. The van der Waals surface area contributed by atoms with Crippen LogP contribution in [0, 0.1) is 6.92 Å². The fraction of sp³-hybridized carbons (Fsp3) is 0.143. The molecule has 0 aliphatic heterocycles. The quantitative estimate of drug-likeness (QED) is 0.745. The van der Waals surface area contributed by atoms with E-state index in [2.05, 4.69) is 0 Å². The molecule has 0 heterocycles. The lowest BCUT2D eigenvalue weighted by Crippen LogP contribution is -1.89. The van der Waals surface area contributed by atoms with Crippen LogP contribution in [-0.2, 0) is 0 Å². The highest BCUT2D eigenvalue weighted by atomic mass is 35.5. The van der Waals surface area contributed by atoms with Crippen LogP contribution in [-0.4, -0.2) is 7.11 Å². The summed E-state index contributed by atoms with van der Waals surface area (Å²) < 4.78 is 5.35. The minimum atomic E-state index is 0.660. The van der Waals surface area contributed by atoms with E-state index >= 15 is 0 Å². The summed E-state index contributed by atoms with van der Waals surface area (Å²) in [4.78, 5) is 0. The van der Waals surface area contributed by atoms with Gasteiger partial charge >= 0.3 is 0 Å². The molecule has 0 unspecified atom stereocenters. The Morgan fingerprint density at radius 1 is 0.941 bits per heavy atom. The average Bonchev–Trinajstić information content (AvgIpc) is 2.32. The van der Waals surface area contributed by atoms with Gasteiger partial charge < -0.3 is 4.74 Å². The van der Waals surface area contributed by atoms with Crippen molar-refractivity contribution in [2.24, 2.45) is 0 Å². The third-order valence-corrected chi connectivity index (χ3v) is 3.14. The summed E-state index contributed by atoms with van der Waals surface area (Å²) in [5.41, 5.74) is 3.00. The standard InChI is InChI=1S/C14H12Cl2O/c1-9-3-6-14(17-2)12(7-9)11-8-10(15)4-5-13(11)16/h3-8H,1-2H3. The highest BCUT2D eigenvalue weighted by molar-refractivity contribution is 6.35. The van der Waals surface area contributed by atoms with Crippen LogP contribution >= 0.6 is 23.2 Å². The second kappa shape index (κ2) is 4.99. The predicted octanol–water partition coefficient (Wildman–Crippen LogP) is 4.98. The Hall–Kier alpha value is -1.18. The Morgan fingerprint density at radius 3 is 2.41 bits per heavy atom. The van der Waals surface area contributed by atoms with Crippen LogP contribution in [0.3, 0.4) is 0 Å². The Kier molecular flexibility index (Phi) is 3.60. The summed E-state index contributed by atoms with van der Waals surface area (Å²) in [5, 5.41) is 1.33. The Bertz CT molecular complexity index is 550. The topological polar surface area (TPSA) is 9.23 Å². The molecule has 2 aromatic rings. The predicted molar refractivity (Wildman–Crippen MR) is 73.2 cm³/mol. The molecule has 0 N–H and O–H groups in total. The van der Waals surface area contributed by atoms with Gasteiger partial charge in [0.15, 0.2) is 0 Å². The van der Waals surface area contributed by atoms with Crippen molar-refractivity contribution in [1.82, 2.24) is 0 Å². The van der Waals surface area contributed by atoms with Crippen molar-refractivity contribution < 1.29 is 4.74 Å². The molecule has 0 aromatic heterocycles. The smallest absolute Gasteiger partial charge is 0.126 e. The van der Waals surface area contributed by atoms with Gasteiger partial charge in [0, 0.05) is 21.2 Å². The lowest BCUT2D eigenvalue weighted by Gasteiger charge is -2.11. The number of methoxy groups -OCH3 is 1. The average molecular weight is 267 g/mol. The monoisotopic (exact) mass is 266 g/mol. The second-order valence-electron chi connectivity index (χ2n) is 3.83. The maximum Gasteiger partial charge on any atom is 0.126 e. The van der Waals surface area contributed by atoms with E-state index in [0.29, 0.717) is 10.0 Å². The molecule has 2 rings (SSSR count). The lowest BCUT2D eigenvalue weighted by atomic mass is 10.0. The van der Waals surface area contributed by atoms with Gasteiger partial charge in [-0.3, -0.25) is 0 Å². The van der Waals surface area contributed by atoms with Gasteiger partial charge in [-0.15, -0.1) is 0 Å². The number of rotatable bonds is 2.